The van der Waals surface area contributed by atoms with Crippen LogP contribution in [0.1, 0.15) is 27.8 Å². The topological polar surface area (TPSA) is 33.5 Å². The van der Waals surface area contributed by atoms with Crippen molar-refractivity contribution in [3.8, 4) is 17.2 Å². The fraction of sp³-hybridized carbons (Fsp3) is 0.0139. The SMILES string of the molecule is N#Cc1ccc(-c2ccc(C(c3ccc(N(c4ccccc4)c4ccccc4)cc3)(c3ccc(N(c4ccccc4)c4ccccc4)cc3)c3ccc(N(c4ccccc4)c4ccccc4)cc3)cc2)c2ccccc12. The minimum absolute atomic E-state index is 0.666. The highest BCUT2D eigenvalue weighted by Gasteiger charge is 2.39. The lowest BCUT2D eigenvalue weighted by Crippen LogP contribution is -2.31. The van der Waals surface area contributed by atoms with Crippen LogP contribution in [0.2, 0.25) is 0 Å². The zero-order valence-corrected chi connectivity index (χ0v) is 41.8. The molecule has 0 saturated heterocycles. The molecule has 0 saturated carbocycles. The Labute approximate surface area is 445 Å². The van der Waals surface area contributed by atoms with Crippen LogP contribution in [0.15, 0.2) is 315 Å². The summed E-state index contributed by atoms with van der Waals surface area (Å²) in [4.78, 5) is 6.94. The van der Waals surface area contributed by atoms with Gasteiger partial charge in [0.15, 0.2) is 0 Å². The standard InChI is InChI=1S/C72H52N4/c73-53-55-37-52-70(71-34-20-19-33-69(55)71)54-35-38-56(39-36-54)72(57-40-46-66(47-41-57)74(60-21-7-1-8-22-60)61-23-9-2-10-24-61,58-42-48-67(49-43-58)75(62-25-11-3-12-26-62)63-27-13-4-14-28-63)59-44-50-68(51-45-59)76(64-29-15-5-16-30-64)65-31-17-6-18-32-65/h1-52H. The van der Waals surface area contributed by atoms with Gasteiger partial charge in [0.25, 0.3) is 0 Å². The van der Waals surface area contributed by atoms with Gasteiger partial charge in [0.2, 0.25) is 0 Å². The van der Waals surface area contributed by atoms with E-state index < -0.39 is 5.41 Å². The molecule has 12 aromatic carbocycles. The van der Waals surface area contributed by atoms with Crippen LogP contribution in [0, 0.1) is 11.3 Å². The van der Waals surface area contributed by atoms with Gasteiger partial charge in [0.05, 0.1) is 17.0 Å². The fourth-order valence-corrected chi connectivity index (χ4v) is 10.9. The molecular weight excluding hydrogens is 921 g/mol. The van der Waals surface area contributed by atoms with Crippen LogP contribution in [0.5, 0.6) is 0 Å². The Balaban J connectivity index is 1.09. The molecule has 0 heterocycles. The number of nitrogens with zero attached hydrogens (tertiary/aromatic N) is 4. The van der Waals surface area contributed by atoms with Crippen molar-refractivity contribution in [3.63, 3.8) is 0 Å². The van der Waals surface area contributed by atoms with Crippen molar-refractivity contribution in [1.29, 1.82) is 5.26 Å². The smallest absolute Gasteiger partial charge is 0.0998 e. The molecule has 0 unspecified atom stereocenters. The lowest BCUT2D eigenvalue weighted by molar-refractivity contribution is 0.745. The number of fused-ring (bicyclic) bond motifs is 1. The zero-order valence-electron chi connectivity index (χ0n) is 41.8. The Kier molecular flexibility index (Phi) is 13.0. The molecule has 0 aliphatic rings. The molecule has 0 bridgehead atoms. The molecule has 0 radical (unpaired) electrons. The molecule has 4 nitrogen and oxygen atoms in total. The van der Waals surface area contributed by atoms with E-state index in [1.807, 2.05) is 24.3 Å². The Hall–Kier alpha value is -10.2. The van der Waals surface area contributed by atoms with E-state index in [0.29, 0.717) is 5.56 Å². The number of rotatable bonds is 14. The van der Waals surface area contributed by atoms with Gasteiger partial charge in [0.1, 0.15) is 0 Å². The molecule has 0 aromatic heterocycles. The van der Waals surface area contributed by atoms with Gasteiger partial charge in [-0.15, -0.1) is 0 Å². The van der Waals surface area contributed by atoms with Gasteiger partial charge < -0.3 is 14.7 Å². The van der Waals surface area contributed by atoms with E-state index in [0.717, 1.165) is 95.3 Å². The molecule has 0 fully saturated rings. The number of para-hydroxylation sites is 6. The van der Waals surface area contributed by atoms with Gasteiger partial charge >= 0.3 is 0 Å². The van der Waals surface area contributed by atoms with Gasteiger partial charge in [-0.05, 0) is 154 Å². The Morgan fingerprint density at radius 3 is 0.776 bits per heavy atom. The first kappa shape index (κ1) is 46.8. The number of hydrogen-bond acceptors (Lipinski definition) is 4. The number of benzene rings is 12. The van der Waals surface area contributed by atoms with Crippen molar-refractivity contribution in [2.24, 2.45) is 0 Å². The van der Waals surface area contributed by atoms with E-state index in [1.165, 1.54) is 0 Å². The van der Waals surface area contributed by atoms with Crippen molar-refractivity contribution in [3.05, 3.63) is 343 Å². The van der Waals surface area contributed by atoms with Crippen molar-refractivity contribution < 1.29 is 0 Å². The van der Waals surface area contributed by atoms with Crippen LogP contribution < -0.4 is 14.7 Å². The summed E-state index contributed by atoms with van der Waals surface area (Å²) in [5.41, 5.74) is 16.0. The van der Waals surface area contributed by atoms with E-state index in [1.54, 1.807) is 0 Å². The van der Waals surface area contributed by atoms with Crippen molar-refractivity contribution in [2.75, 3.05) is 14.7 Å². The lowest BCUT2D eigenvalue weighted by atomic mass is 9.65. The second-order valence-electron chi connectivity index (χ2n) is 18.8. The third-order valence-corrected chi connectivity index (χ3v) is 14.4. The van der Waals surface area contributed by atoms with Gasteiger partial charge in [-0.2, -0.15) is 5.26 Å². The molecule has 76 heavy (non-hydrogen) atoms. The quantitative estimate of drug-likeness (QED) is 0.102. The Bertz CT molecular complexity index is 3460. The molecule has 0 aliphatic heterocycles. The van der Waals surface area contributed by atoms with Crippen LogP contribution in [0.25, 0.3) is 21.9 Å². The van der Waals surface area contributed by atoms with E-state index >= 15 is 0 Å². The van der Waals surface area contributed by atoms with Crippen molar-refractivity contribution in [1.82, 2.24) is 0 Å². The van der Waals surface area contributed by atoms with Crippen LogP contribution >= 0.6 is 0 Å². The Morgan fingerprint density at radius 2 is 0.487 bits per heavy atom. The maximum atomic E-state index is 10.1. The molecule has 12 aromatic rings. The highest BCUT2D eigenvalue weighted by atomic mass is 15.2. The van der Waals surface area contributed by atoms with Crippen molar-refractivity contribution in [2.45, 2.75) is 5.41 Å². The number of anilines is 9. The Morgan fingerprint density at radius 1 is 0.237 bits per heavy atom. The van der Waals surface area contributed by atoms with E-state index in [-0.39, 0.29) is 0 Å². The zero-order chi connectivity index (χ0) is 51.1. The average molecular weight is 973 g/mol. The fourth-order valence-electron chi connectivity index (χ4n) is 10.9. The average Bonchev–Trinajstić information content (AvgIpc) is 3.50. The molecule has 0 amide bonds. The largest absolute Gasteiger partial charge is 0.311 e. The normalized spacial score (nSPS) is 11.1. The summed E-state index contributed by atoms with van der Waals surface area (Å²) in [5.74, 6) is 0. The minimum atomic E-state index is -0.834. The lowest BCUT2D eigenvalue weighted by Gasteiger charge is -2.38. The third kappa shape index (κ3) is 8.93. The van der Waals surface area contributed by atoms with Crippen LogP contribution in [-0.4, -0.2) is 0 Å². The van der Waals surface area contributed by atoms with Crippen molar-refractivity contribution >= 4 is 62.0 Å². The first-order valence-corrected chi connectivity index (χ1v) is 25.7. The third-order valence-electron chi connectivity index (χ3n) is 14.4. The van der Waals surface area contributed by atoms with E-state index in [9.17, 15) is 5.26 Å². The predicted octanol–water partition coefficient (Wildman–Crippen LogP) is 19.2. The van der Waals surface area contributed by atoms with E-state index in [4.69, 9.17) is 0 Å². The van der Waals surface area contributed by atoms with Gasteiger partial charge in [-0.3, -0.25) is 0 Å². The molecular formula is C72H52N4. The maximum Gasteiger partial charge on any atom is 0.0998 e. The van der Waals surface area contributed by atoms with Gasteiger partial charge in [0, 0.05) is 56.6 Å². The van der Waals surface area contributed by atoms with Gasteiger partial charge in [-0.25, -0.2) is 0 Å². The highest BCUT2D eigenvalue weighted by Crippen LogP contribution is 2.49. The van der Waals surface area contributed by atoms with Crippen LogP contribution in [0.4, 0.5) is 51.2 Å². The second kappa shape index (κ2) is 21.1. The maximum absolute atomic E-state index is 10.1. The number of nitriles is 1. The van der Waals surface area contributed by atoms with Gasteiger partial charge in [-0.1, -0.05) is 200 Å². The first-order chi connectivity index (χ1) is 37.7. The summed E-state index contributed by atoms with van der Waals surface area (Å²) in [6, 6.07) is 115. The molecule has 0 spiro atoms. The summed E-state index contributed by atoms with van der Waals surface area (Å²) in [5, 5.41) is 12.1. The minimum Gasteiger partial charge on any atom is -0.311 e. The molecule has 360 valence electrons. The van der Waals surface area contributed by atoms with Crippen LogP contribution in [0.3, 0.4) is 0 Å². The predicted molar refractivity (Wildman–Crippen MR) is 316 cm³/mol. The van der Waals surface area contributed by atoms with E-state index in [2.05, 4.69) is 312 Å². The summed E-state index contributed by atoms with van der Waals surface area (Å²) in [6.45, 7) is 0. The van der Waals surface area contributed by atoms with Crippen LogP contribution in [-0.2, 0) is 5.41 Å². The summed E-state index contributed by atoms with van der Waals surface area (Å²) < 4.78 is 0. The highest BCUT2D eigenvalue weighted by molar-refractivity contribution is 5.99. The molecule has 0 N–H and O–H groups in total. The molecule has 12 rings (SSSR count). The second-order valence-corrected chi connectivity index (χ2v) is 18.8. The molecule has 0 atom stereocenters. The summed E-state index contributed by atoms with van der Waals surface area (Å²) >= 11 is 0. The number of hydrogen-bond donors (Lipinski definition) is 0. The molecule has 4 heteroatoms. The molecule has 0 aliphatic carbocycles. The summed E-state index contributed by atoms with van der Waals surface area (Å²) in [7, 11) is 0. The summed E-state index contributed by atoms with van der Waals surface area (Å²) in [6.07, 6.45) is 0. The first-order valence-electron chi connectivity index (χ1n) is 25.7. The monoisotopic (exact) mass is 972 g/mol.